The average Bonchev–Trinajstić information content (AvgIpc) is 3.19. The molecule has 0 saturated heterocycles. The lowest BCUT2D eigenvalue weighted by Crippen LogP contribution is -2.17. The number of aromatic nitrogens is 2. The molecule has 0 unspecified atom stereocenters. The van der Waals surface area contributed by atoms with Crippen LogP contribution in [0.25, 0.3) is 10.8 Å². The van der Waals surface area contributed by atoms with E-state index in [-0.39, 0.29) is 5.75 Å². The maximum absolute atomic E-state index is 12.1. The average molecular weight is 351 g/mol. The first kappa shape index (κ1) is 16.5. The Morgan fingerprint density at radius 1 is 1.17 bits per heavy atom. The summed E-state index contributed by atoms with van der Waals surface area (Å²) in [7, 11) is 1.92. The van der Waals surface area contributed by atoms with Crippen molar-refractivity contribution < 1.29 is 17.9 Å². The molecule has 0 fully saturated rings. The highest BCUT2D eigenvalue weighted by molar-refractivity contribution is 7.13. The Bertz CT molecular complexity index is 760. The van der Waals surface area contributed by atoms with Crippen LogP contribution in [-0.2, 0) is 13.1 Å². The van der Waals surface area contributed by atoms with Gasteiger partial charge in [-0.2, -0.15) is 8.78 Å². The highest BCUT2D eigenvalue weighted by Gasteiger charge is 2.12. The highest BCUT2D eigenvalue weighted by atomic mass is 32.1. The van der Waals surface area contributed by atoms with Gasteiger partial charge in [-0.15, -0.1) is 21.5 Å². The van der Waals surface area contributed by atoms with Crippen molar-refractivity contribution in [1.29, 1.82) is 0 Å². The summed E-state index contributed by atoms with van der Waals surface area (Å²) in [5.41, 5.74) is 0.970. The van der Waals surface area contributed by atoms with Crippen molar-refractivity contribution in [3.05, 3.63) is 53.2 Å². The summed E-state index contributed by atoms with van der Waals surface area (Å²) in [6.45, 7) is -1.70. The van der Waals surface area contributed by atoms with Crippen LogP contribution in [0.5, 0.6) is 5.75 Å². The monoisotopic (exact) mass is 351 g/mol. The van der Waals surface area contributed by atoms with E-state index in [9.17, 15) is 8.78 Å². The molecular formula is C16H15F2N3O2S. The smallest absolute Gasteiger partial charge is 0.387 e. The topological polar surface area (TPSA) is 51.4 Å². The second kappa shape index (κ2) is 7.50. The van der Waals surface area contributed by atoms with Crippen LogP contribution < -0.4 is 4.74 Å². The molecule has 1 aromatic carbocycles. The van der Waals surface area contributed by atoms with Crippen LogP contribution in [0.2, 0.25) is 0 Å². The Kier molecular flexibility index (Phi) is 5.17. The fourth-order valence-corrected chi connectivity index (χ4v) is 2.84. The van der Waals surface area contributed by atoms with Gasteiger partial charge in [-0.05, 0) is 36.2 Å². The Morgan fingerprint density at radius 2 is 1.96 bits per heavy atom. The molecule has 0 N–H and O–H groups in total. The third-order valence-electron chi connectivity index (χ3n) is 3.20. The van der Waals surface area contributed by atoms with Gasteiger partial charge >= 0.3 is 6.61 Å². The van der Waals surface area contributed by atoms with Crippen LogP contribution in [0.1, 0.15) is 11.5 Å². The Morgan fingerprint density at radius 3 is 2.62 bits per heavy atom. The van der Waals surface area contributed by atoms with E-state index in [2.05, 4.69) is 14.9 Å². The summed E-state index contributed by atoms with van der Waals surface area (Å²) >= 11 is 1.54. The van der Waals surface area contributed by atoms with Gasteiger partial charge in [0, 0.05) is 6.54 Å². The molecule has 0 atom stereocenters. The molecule has 0 amide bonds. The van der Waals surface area contributed by atoms with E-state index in [1.807, 2.05) is 29.5 Å². The minimum absolute atomic E-state index is 0.147. The number of thiophene rings is 1. The number of halogens is 2. The minimum Gasteiger partial charge on any atom is -0.435 e. The van der Waals surface area contributed by atoms with Crippen molar-refractivity contribution in [2.75, 3.05) is 7.05 Å². The molecule has 3 rings (SSSR count). The maximum atomic E-state index is 12.1. The molecule has 8 heteroatoms. The summed E-state index contributed by atoms with van der Waals surface area (Å²) in [5.74, 6) is 1.19. The van der Waals surface area contributed by atoms with Gasteiger partial charge in [0.05, 0.1) is 11.4 Å². The molecule has 0 aliphatic heterocycles. The lowest BCUT2D eigenvalue weighted by molar-refractivity contribution is -0.0498. The predicted octanol–water partition coefficient (Wildman–Crippen LogP) is 4.03. The van der Waals surface area contributed by atoms with Crippen molar-refractivity contribution in [3.63, 3.8) is 0 Å². The van der Waals surface area contributed by atoms with E-state index in [1.165, 1.54) is 12.1 Å². The van der Waals surface area contributed by atoms with Crippen LogP contribution in [0.3, 0.4) is 0 Å². The fraction of sp³-hybridized carbons (Fsp3) is 0.250. The molecule has 0 spiro atoms. The van der Waals surface area contributed by atoms with Crippen molar-refractivity contribution in [2.24, 2.45) is 0 Å². The zero-order valence-corrected chi connectivity index (χ0v) is 13.7. The molecule has 2 heterocycles. The molecule has 126 valence electrons. The minimum atomic E-state index is -2.81. The van der Waals surface area contributed by atoms with Crippen molar-refractivity contribution in [2.45, 2.75) is 19.7 Å². The van der Waals surface area contributed by atoms with Crippen LogP contribution in [-0.4, -0.2) is 28.8 Å². The normalized spacial score (nSPS) is 11.4. The second-order valence-electron chi connectivity index (χ2n) is 5.17. The van der Waals surface area contributed by atoms with Crippen LogP contribution in [0, 0.1) is 0 Å². The van der Waals surface area contributed by atoms with Crippen LogP contribution >= 0.6 is 11.3 Å². The van der Waals surface area contributed by atoms with Gasteiger partial charge in [0.15, 0.2) is 0 Å². The first-order valence-corrected chi connectivity index (χ1v) is 8.06. The van der Waals surface area contributed by atoms with Crippen molar-refractivity contribution >= 4 is 11.3 Å². The van der Waals surface area contributed by atoms with Crippen molar-refractivity contribution in [3.8, 4) is 16.5 Å². The molecule has 0 bridgehead atoms. The summed E-state index contributed by atoms with van der Waals surface area (Å²) in [6, 6.07) is 10.4. The van der Waals surface area contributed by atoms with Gasteiger partial charge in [0.1, 0.15) is 5.75 Å². The number of hydrogen-bond acceptors (Lipinski definition) is 6. The van der Waals surface area contributed by atoms with E-state index in [0.717, 1.165) is 10.4 Å². The fourth-order valence-electron chi connectivity index (χ4n) is 2.19. The summed E-state index contributed by atoms with van der Waals surface area (Å²) < 4.78 is 34.2. The molecule has 24 heavy (non-hydrogen) atoms. The van der Waals surface area contributed by atoms with Gasteiger partial charge < -0.3 is 9.15 Å². The molecule has 0 aliphatic carbocycles. The van der Waals surface area contributed by atoms with Crippen LogP contribution in [0.15, 0.2) is 46.2 Å². The molecule has 0 aliphatic rings. The Labute approximate surface area is 141 Å². The largest absolute Gasteiger partial charge is 0.435 e. The molecule has 3 aromatic rings. The molecule has 0 saturated carbocycles. The SMILES string of the molecule is CN(Cc1ccc(OC(F)F)cc1)Cc1nnc(-c2cccs2)o1. The number of benzene rings is 1. The van der Waals surface area contributed by atoms with E-state index < -0.39 is 6.61 Å². The van der Waals surface area contributed by atoms with Gasteiger partial charge in [0.2, 0.25) is 5.89 Å². The lowest BCUT2D eigenvalue weighted by Gasteiger charge is -2.14. The number of alkyl halides is 2. The lowest BCUT2D eigenvalue weighted by atomic mass is 10.2. The highest BCUT2D eigenvalue weighted by Crippen LogP contribution is 2.23. The zero-order chi connectivity index (χ0) is 16.9. The zero-order valence-electron chi connectivity index (χ0n) is 12.9. The van der Waals surface area contributed by atoms with Gasteiger partial charge in [-0.1, -0.05) is 18.2 Å². The number of hydrogen-bond donors (Lipinski definition) is 0. The number of rotatable bonds is 7. The molecule has 5 nitrogen and oxygen atoms in total. The van der Waals surface area contributed by atoms with E-state index in [0.29, 0.717) is 24.9 Å². The summed E-state index contributed by atoms with van der Waals surface area (Å²) in [6.07, 6.45) is 0. The van der Waals surface area contributed by atoms with E-state index in [1.54, 1.807) is 23.5 Å². The standard InChI is InChI=1S/C16H15F2N3O2S/c1-21(9-11-4-6-12(7-5-11)22-16(17)18)10-14-19-20-15(23-14)13-3-2-8-24-13/h2-8,16H,9-10H2,1H3. The first-order valence-electron chi connectivity index (χ1n) is 7.19. The predicted molar refractivity (Wildman–Crippen MR) is 85.9 cm³/mol. The molecule has 2 aromatic heterocycles. The summed E-state index contributed by atoms with van der Waals surface area (Å²) in [5, 5.41) is 10.0. The van der Waals surface area contributed by atoms with Gasteiger partial charge in [-0.3, -0.25) is 4.90 Å². The molecular weight excluding hydrogens is 336 g/mol. The van der Waals surface area contributed by atoms with Crippen LogP contribution in [0.4, 0.5) is 8.78 Å². The van der Waals surface area contributed by atoms with E-state index >= 15 is 0 Å². The molecule has 0 radical (unpaired) electrons. The summed E-state index contributed by atoms with van der Waals surface area (Å²) in [4.78, 5) is 2.93. The van der Waals surface area contributed by atoms with Crippen molar-refractivity contribution in [1.82, 2.24) is 15.1 Å². The Balaban J connectivity index is 1.56. The Hall–Kier alpha value is -2.32. The van der Waals surface area contributed by atoms with Gasteiger partial charge in [0.25, 0.3) is 5.89 Å². The van der Waals surface area contributed by atoms with Gasteiger partial charge in [-0.25, -0.2) is 0 Å². The quantitative estimate of drug-likeness (QED) is 0.643. The first-order chi connectivity index (χ1) is 11.6. The second-order valence-corrected chi connectivity index (χ2v) is 6.12. The van der Waals surface area contributed by atoms with E-state index in [4.69, 9.17) is 4.42 Å². The number of nitrogens with zero attached hydrogens (tertiary/aromatic N) is 3. The third-order valence-corrected chi connectivity index (χ3v) is 4.06. The number of ether oxygens (including phenoxy) is 1. The third kappa shape index (κ3) is 4.36. The maximum Gasteiger partial charge on any atom is 0.387 e.